The zero-order chi connectivity index (χ0) is 9.84. The van der Waals surface area contributed by atoms with Crippen molar-refractivity contribution in [2.45, 2.75) is 20.0 Å². The van der Waals surface area contributed by atoms with Crippen molar-refractivity contribution in [1.82, 2.24) is 0 Å². The number of benzene rings is 1. The first-order valence-electron chi connectivity index (χ1n) is 4.25. The molecule has 3 heteroatoms. The highest BCUT2D eigenvalue weighted by molar-refractivity contribution is 9.10. The van der Waals surface area contributed by atoms with Crippen molar-refractivity contribution >= 4 is 15.9 Å². The van der Waals surface area contributed by atoms with Gasteiger partial charge >= 0.3 is 0 Å². The molecule has 0 fully saturated rings. The lowest BCUT2D eigenvalue weighted by molar-refractivity contribution is 0.198. The number of halogens is 1. The highest BCUT2D eigenvalue weighted by Crippen LogP contribution is 2.27. The lowest BCUT2D eigenvalue weighted by atomic mass is 10.1. The first-order chi connectivity index (χ1) is 6.15. The van der Waals surface area contributed by atoms with Crippen LogP contribution >= 0.6 is 15.9 Å². The Labute approximate surface area is 86.7 Å². The maximum atomic E-state index is 9.35. The van der Waals surface area contributed by atoms with Gasteiger partial charge in [0.25, 0.3) is 0 Å². The number of aliphatic hydroxyl groups excluding tert-OH is 1. The number of hydrogen-bond acceptors (Lipinski definition) is 2. The summed E-state index contributed by atoms with van der Waals surface area (Å²) >= 11 is 3.38. The number of ether oxygens (including phenoxy) is 1. The van der Waals surface area contributed by atoms with Gasteiger partial charge in [-0.15, -0.1) is 0 Å². The van der Waals surface area contributed by atoms with Gasteiger partial charge in [-0.2, -0.15) is 0 Å². The van der Waals surface area contributed by atoms with Gasteiger partial charge in [0, 0.05) is 4.47 Å². The number of hydrogen-bond donors (Lipinski definition) is 1. The van der Waals surface area contributed by atoms with E-state index in [1.54, 1.807) is 6.92 Å². The monoisotopic (exact) mass is 244 g/mol. The van der Waals surface area contributed by atoms with Gasteiger partial charge in [0.05, 0.1) is 12.7 Å². The number of rotatable bonds is 3. The molecule has 1 aromatic rings. The van der Waals surface area contributed by atoms with Crippen LogP contribution in [0.15, 0.2) is 22.7 Å². The van der Waals surface area contributed by atoms with E-state index in [2.05, 4.69) is 15.9 Å². The van der Waals surface area contributed by atoms with Crippen LogP contribution < -0.4 is 4.74 Å². The first kappa shape index (κ1) is 10.5. The highest BCUT2D eigenvalue weighted by atomic mass is 79.9. The van der Waals surface area contributed by atoms with E-state index >= 15 is 0 Å². The zero-order valence-electron chi connectivity index (χ0n) is 7.75. The summed E-state index contributed by atoms with van der Waals surface area (Å²) in [6.07, 6.45) is -0.454. The quantitative estimate of drug-likeness (QED) is 0.887. The lowest BCUT2D eigenvalue weighted by Crippen LogP contribution is -1.95. The van der Waals surface area contributed by atoms with E-state index in [4.69, 9.17) is 4.74 Å². The molecular formula is C10H13BrO2. The Morgan fingerprint density at radius 1 is 1.54 bits per heavy atom. The van der Waals surface area contributed by atoms with E-state index in [-0.39, 0.29) is 0 Å². The second-order valence-electron chi connectivity index (χ2n) is 2.79. The molecular weight excluding hydrogens is 232 g/mol. The Morgan fingerprint density at radius 2 is 2.23 bits per heavy atom. The average molecular weight is 245 g/mol. The Bertz CT molecular complexity index is 284. The fourth-order valence-electron chi connectivity index (χ4n) is 1.10. The van der Waals surface area contributed by atoms with Crippen LogP contribution in [0.2, 0.25) is 0 Å². The van der Waals surface area contributed by atoms with E-state index in [1.165, 1.54) is 0 Å². The summed E-state index contributed by atoms with van der Waals surface area (Å²) in [5.74, 6) is 0.818. The molecule has 0 bridgehead atoms. The Kier molecular flexibility index (Phi) is 3.75. The molecule has 0 aliphatic rings. The summed E-state index contributed by atoms with van der Waals surface area (Å²) in [4.78, 5) is 0. The molecule has 0 spiro atoms. The molecule has 0 amide bonds. The van der Waals surface area contributed by atoms with E-state index in [1.807, 2.05) is 25.1 Å². The van der Waals surface area contributed by atoms with Crippen molar-refractivity contribution in [3.05, 3.63) is 28.2 Å². The van der Waals surface area contributed by atoms with Gasteiger partial charge in [-0.25, -0.2) is 0 Å². The molecule has 0 saturated carbocycles. The van der Waals surface area contributed by atoms with Gasteiger partial charge in [0.1, 0.15) is 5.75 Å². The van der Waals surface area contributed by atoms with Gasteiger partial charge in [-0.3, -0.25) is 0 Å². The van der Waals surface area contributed by atoms with Crippen LogP contribution in [0.1, 0.15) is 25.5 Å². The van der Waals surface area contributed by atoms with Crippen LogP contribution in [0.3, 0.4) is 0 Å². The molecule has 1 atom stereocenters. The van der Waals surface area contributed by atoms with Crippen molar-refractivity contribution in [2.75, 3.05) is 6.61 Å². The molecule has 2 nitrogen and oxygen atoms in total. The maximum Gasteiger partial charge on any atom is 0.120 e. The minimum absolute atomic E-state index is 0.454. The predicted molar refractivity (Wildman–Crippen MR) is 55.9 cm³/mol. The van der Waals surface area contributed by atoms with E-state index in [9.17, 15) is 5.11 Å². The second kappa shape index (κ2) is 4.63. The zero-order valence-corrected chi connectivity index (χ0v) is 9.34. The SMILES string of the molecule is CCOc1ccc([C@@H](C)O)c(Br)c1. The van der Waals surface area contributed by atoms with Crippen molar-refractivity contribution < 1.29 is 9.84 Å². The van der Waals surface area contributed by atoms with Crippen LogP contribution in [0.5, 0.6) is 5.75 Å². The molecule has 0 aromatic heterocycles. The molecule has 13 heavy (non-hydrogen) atoms. The average Bonchev–Trinajstić information content (AvgIpc) is 2.04. The van der Waals surface area contributed by atoms with Gasteiger partial charge in [0.15, 0.2) is 0 Å². The first-order valence-corrected chi connectivity index (χ1v) is 5.04. The summed E-state index contributed by atoms with van der Waals surface area (Å²) in [6, 6.07) is 5.58. The molecule has 0 aliphatic carbocycles. The van der Waals surface area contributed by atoms with Crippen LogP contribution in [-0.2, 0) is 0 Å². The summed E-state index contributed by atoms with van der Waals surface area (Å²) in [6.45, 7) is 4.33. The van der Waals surface area contributed by atoms with Crippen molar-refractivity contribution in [3.63, 3.8) is 0 Å². The molecule has 0 aliphatic heterocycles. The van der Waals surface area contributed by atoms with Crippen LogP contribution in [-0.4, -0.2) is 11.7 Å². The summed E-state index contributed by atoms with van der Waals surface area (Å²) in [5, 5.41) is 9.35. The molecule has 0 saturated heterocycles. The van der Waals surface area contributed by atoms with Crippen LogP contribution in [0, 0.1) is 0 Å². The van der Waals surface area contributed by atoms with Gasteiger partial charge < -0.3 is 9.84 Å². The summed E-state index contributed by atoms with van der Waals surface area (Å²) in [7, 11) is 0. The van der Waals surface area contributed by atoms with Crippen LogP contribution in [0.25, 0.3) is 0 Å². The van der Waals surface area contributed by atoms with E-state index in [0.29, 0.717) is 6.61 Å². The fourth-order valence-corrected chi connectivity index (χ4v) is 1.79. The summed E-state index contributed by atoms with van der Waals surface area (Å²) in [5.41, 5.74) is 0.878. The molecule has 1 rings (SSSR count). The third-order valence-corrected chi connectivity index (χ3v) is 2.42. The van der Waals surface area contributed by atoms with Crippen LogP contribution in [0.4, 0.5) is 0 Å². The standard InChI is InChI=1S/C10H13BrO2/c1-3-13-8-4-5-9(7(2)12)10(11)6-8/h4-7,12H,3H2,1-2H3/t7-/m1/s1. The molecule has 1 aromatic carbocycles. The Morgan fingerprint density at radius 3 is 2.69 bits per heavy atom. The van der Waals surface area contributed by atoms with Crippen molar-refractivity contribution in [3.8, 4) is 5.75 Å². The predicted octanol–water partition coefficient (Wildman–Crippen LogP) is 2.90. The minimum Gasteiger partial charge on any atom is -0.494 e. The Hall–Kier alpha value is -0.540. The Balaban J connectivity index is 2.92. The lowest BCUT2D eigenvalue weighted by Gasteiger charge is -2.09. The topological polar surface area (TPSA) is 29.5 Å². The highest BCUT2D eigenvalue weighted by Gasteiger charge is 2.06. The van der Waals surface area contributed by atoms with Crippen molar-refractivity contribution in [1.29, 1.82) is 0 Å². The third-order valence-electron chi connectivity index (χ3n) is 1.73. The molecule has 0 radical (unpaired) electrons. The molecule has 0 unspecified atom stereocenters. The van der Waals surface area contributed by atoms with Gasteiger partial charge in [-0.1, -0.05) is 22.0 Å². The van der Waals surface area contributed by atoms with E-state index in [0.717, 1.165) is 15.8 Å². The van der Waals surface area contributed by atoms with E-state index < -0.39 is 6.10 Å². The number of aliphatic hydroxyl groups is 1. The largest absolute Gasteiger partial charge is 0.494 e. The molecule has 72 valence electrons. The molecule has 0 heterocycles. The fraction of sp³-hybridized carbons (Fsp3) is 0.400. The molecule has 1 N–H and O–H groups in total. The normalized spacial score (nSPS) is 12.6. The third kappa shape index (κ3) is 2.71. The van der Waals surface area contributed by atoms with Crippen molar-refractivity contribution in [2.24, 2.45) is 0 Å². The van der Waals surface area contributed by atoms with Gasteiger partial charge in [0.2, 0.25) is 0 Å². The smallest absolute Gasteiger partial charge is 0.120 e. The maximum absolute atomic E-state index is 9.35. The minimum atomic E-state index is -0.454. The summed E-state index contributed by atoms with van der Waals surface area (Å²) < 4.78 is 6.19. The van der Waals surface area contributed by atoms with Gasteiger partial charge in [-0.05, 0) is 31.5 Å². The second-order valence-corrected chi connectivity index (χ2v) is 3.65.